The van der Waals surface area contributed by atoms with Crippen LogP contribution in [0, 0.1) is 6.92 Å². The number of carbonyl (C=O) groups excluding carboxylic acids is 1. The molecule has 0 bridgehead atoms. The van der Waals surface area contributed by atoms with E-state index in [1.54, 1.807) is 12.1 Å². The van der Waals surface area contributed by atoms with Crippen molar-refractivity contribution in [2.45, 2.75) is 39.2 Å². The first kappa shape index (κ1) is 14.8. The molecule has 1 aromatic rings. The first-order valence-corrected chi connectivity index (χ1v) is 6.47. The summed E-state index contributed by atoms with van der Waals surface area (Å²) < 4.78 is 10.5. The van der Waals surface area contributed by atoms with Gasteiger partial charge in [-0.1, -0.05) is 24.9 Å². The van der Waals surface area contributed by atoms with Crippen molar-refractivity contribution in [1.29, 1.82) is 0 Å². The molecule has 18 heavy (non-hydrogen) atoms. The minimum atomic E-state index is -0.546. The van der Waals surface area contributed by atoms with Crippen LogP contribution in [-0.2, 0) is 9.53 Å². The summed E-state index contributed by atoms with van der Waals surface area (Å²) >= 11 is 5.88. The lowest BCUT2D eigenvalue weighted by atomic mass is 10.1. The molecule has 1 unspecified atom stereocenters. The average Bonchev–Trinajstić information content (AvgIpc) is 2.36. The van der Waals surface area contributed by atoms with Gasteiger partial charge in [0.25, 0.3) is 0 Å². The number of hydrogen-bond acceptors (Lipinski definition) is 3. The Morgan fingerprint density at radius 3 is 2.72 bits per heavy atom. The van der Waals surface area contributed by atoms with Gasteiger partial charge in [0.1, 0.15) is 5.75 Å². The summed E-state index contributed by atoms with van der Waals surface area (Å²) in [4.78, 5) is 11.6. The normalized spacial score (nSPS) is 12.0. The summed E-state index contributed by atoms with van der Waals surface area (Å²) in [6.45, 7) is 3.97. The Hall–Kier alpha value is -1.22. The second kappa shape index (κ2) is 7.27. The molecular weight excluding hydrogens is 252 g/mol. The van der Waals surface area contributed by atoms with Crippen molar-refractivity contribution < 1.29 is 14.3 Å². The summed E-state index contributed by atoms with van der Waals surface area (Å²) in [6.07, 6.45) is 2.04. The lowest BCUT2D eigenvalue weighted by Gasteiger charge is -2.18. The number of esters is 1. The van der Waals surface area contributed by atoms with Crippen molar-refractivity contribution in [2.75, 3.05) is 7.11 Å². The number of aryl methyl sites for hydroxylation is 1. The summed E-state index contributed by atoms with van der Waals surface area (Å²) in [7, 11) is 1.37. The largest absolute Gasteiger partial charge is 0.478 e. The fourth-order valence-corrected chi connectivity index (χ4v) is 1.87. The first-order valence-electron chi connectivity index (χ1n) is 6.09. The van der Waals surface area contributed by atoms with E-state index in [4.69, 9.17) is 21.1 Å². The number of rotatable bonds is 6. The van der Waals surface area contributed by atoms with Gasteiger partial charge in [0.15, 0.2) is 6.10 Å². The molecule has 0 fully saturated rings. The van der Waals surface area contributed by atoms with Crippen LogP contribution in [0.25, 0.3) is 0 Å². The van der Waals surface area contributed by atoms with Crippen LogP contribution in [0.3, 0.4) is 0 Å². The quantitative estimate of drug-likeness (QED) is 0.739. The van der Waals surface area contributed by atoms with E-state index in [0.717, 1.165) is 18.4 Å². The van der Waals surface area contributed by atoms with E-state index in [0.29, 0.717) is 17.2 Å². The van der Waals surface area contributed by atoms with Crippen molar-refractivity contribution in [3.05, 3.63) is 28.8 Å². The van der Waals surface area contributed by atoms with Crippen LogP contribution in [0.15, 0.2) is 18.2 Å². The van der Waals surface area contributed by atoms with Gasteiger partial charge in [-0.3, -0.25) is 0 Å². The van der Waals surface area contributed by atoms with E-state index < -0.39 is 6.10 Å². The van der Waals surface area contributed by atoms with Gasteiger partial charge in [-0.15, -0.1) is 0 Å². The third kappa shape index (κ3) is 4.22. The highest BCUT2D eigenvalue weighted by Gasteiger charge is 2.21. The van der Waals surface area contributed by atoms with Crippen LogP contribution < -0.4 is 4.74 Å². The number of carbonyl (C=O) groups is 1. The zero-order chi connectivity index (χ0) is 13.5. The second-order valence-electron chi connectivity index (χ2n) is 4.18. The highest BCUT2D eigenvalue weighted by Crippen LogP contribution is 2.24. The van der Waals surface area contributed by atoms with Crippen molar-refractivity contribution in [3.63, 3.8) is 0 Å². The van der Waals surface area contributed by atoms with E-state index in [1.165, 1.54) is 7.11 Å². The predicted octanol–water partition coefficient (Wildman–Crippen LogP) is 3.76. The Labute approximate surface area is 113 Å². The Morgan fingerprint density at radius 2 is 2.17 bits per heavy atom. The maximum absolute atomic E-state index is 11.6. The summed E-state index contributed by atoms with van der Waals surface area (Å²) in [5, 5.41) is 0.656. The molecule has 4 heteroatoms. The maximum Gasteiger partial charge on any atom is 0.347 e. The van der Waals surface area contributed by atoms with Crippen molar-refractivity contribution >= 4 is 17.6 Å². The second-order valence-corrected chi connectivity index (χ2v) is 4.62. The van der Waals surface area contributed by atoms with E-state index in [1.807, 2.05) is 13.0 Å². The number of methoxy groups -OCH3 is 1. The summed E-state index contributed by atoms with van der Waals surface area (Å²) in [6, 6.07) is 5.34. The lowest BCUT2D eigenvalue weighted by molar-refractivity contribution is -0.149. The first-order chi connectivity index (χ1) is 8.58. The number of benzene rings is 1. The fourth-order valence-electron chi connectivity index (χ4n) is 1.64. The van der Waals surface area contributed by atoms with Crippen LogP contribution >= 0.6 is 11.6 Å². The fraction of sp³-hybridized carbons (Fsp3) is 0.500. The molecule has 0 N–H and O–H groups in total. The Balaban J connectivity index is 2.78. The Kier molecular flexibility index (Phi) is 5.99. The van der Waals surface area contributed by atoms with Gasteiger partial charge in [-0.05, 0) is 43.5 Å². The van der Waals surface area contributed by atoms with E-state index in [9.17, 15) is 4.79 Å². The number of unbranched alkanes of at least 4 members (excludes halogenated alkanes) is 1. The van der Waals surface area contributed by atoms with Gasteiger partial charge < -0.3 is 9.47 Å². The molecule has 0 aliphatic rings. The van der Waals surface area contributed by atoms with Gasteiger partial charge in [0.05, 0.1) is 7.11 Å². The molecule has 0 aliphatic heterocycles. The summed E-state index contributed by atoms with van der Waals surface area (Å²) in [5.74, 6) is 0.337. The molecule has 0 aliphatic carbocycles. The third-order valence-corrected chi connectivity index (χ3v) is 2.93. The minimum Gasteiger partial charge on any atom is -0.478 e. The van der Waals surface area contributed by atoms with Gasteiger partial charge >= 0.3 is 5.97 Å². The number of hydrogen-bond donors (Lipinski definition) is 0. The maximum atomic E-state index is 11.6. The summed E-state index contributed by atoms with van der Waals surface area (Å²) in [5.41, 5.74) is 0.910. The molecule has 0 saturated carbocycles. The molecule has 1 atom stereocenters. The zero-order valence-corrected chi connectivity index (χ0v) is 11.8. The molecule has 100 valence electrons. The molecular formula is C14H19ClO3. The topological polar surface area (TPSA) is 35.5 Å². The predicted molar refractivity (Wildman–Crippen MR) is 72.1 cm³/mol. The molecule has 0 aromatic heterocycles. The van der Waals surface area contributed by atoms with Gasteiger partial charge in [-0.2, -0.15) is 0 Å². The monoisotopic (exact) mass is 270 g/mol. The lowest BCUT2D eigenvalue weighted by Crippen LogP contribution is -2.28. The van der Waals surface area contributed by atoms with Crippen LogP contribution in [0.1, 0.15) is 31.7 Å². The molecule has 0 amide bonds. The average molecular weight is 271 g/mol. The van der Waals surface area contributed by atoms with Crippen LogP contribution in [-0.4, -0.2) is 19.2 Å². The highest BCUT2D eigenvalue weighted by molar-refractivity contribution is 6.30. The molecule has 0 heterocycles. The molecule has 1 aromatic carbocycles. The Bertz CT molecular complexity index is 404. The molecule has 0 spiro atoms. The number of halogens is 1. The highest BCUT2D eigenvalue weighted by atomic mass is 35.5. The molecule has 0 saturated heterocycles. The van der Waals surface area contributed by atoms with Crippen molar-refractivity contribution in [1.82, 2.24) is 0 Å². The molecule has 3 nitrogen and oxygen atoms in total. The van der Waals surface area contributed by atoms with Crippen LogP contribution in [0.4, 0.5) is 0 Å². The zero-order valence-electron chi connectivity index (χ0n) is 11.0. The van der Waals surface area contributed by atoms with Crippen LogP contribution in [0.2, 0.25) is 5.02 Å². The minimum absolute atomic E-state index is 0.335. The van der Waals surface area contributed by atoms with E-state index in [-0.39, 0.29) is 5.97 Å². The smallest absolute Gasteiger partial charge is 0.347 e. The molecule has 0 radical (unpaired) electrons. The van der Waals surface area contributed by atoms with Crippen molar-refractivity contribution in [3.8, 4) is 5.75 Å². The third-order valence-electron chi connectivity index (χ3n) is 2.69. The van der Waals surface area contributed by atoms with Gasteiger partial charge in [0.2, 0.25) is 0 Å². The standard InChI is InChI=1S/C14H19ClO3/c1-4-5-6-13(14(16)17-3)18-12-8-7-11(15)9-10(12)2/h7-9,13H,4-6H2,1-3H3. The van der Waals surface area contributed by atoms with Crippen molar-refractivity contribution in [2.24, 2.45) is 0 Å². The number of ether oxygens (including phenoxy) is 2. The van der Waals surface area contributed by atoms with Gasteiger partial charge in [0, 0.05) is 5.02 Å². The van der Waals surface area contributed by atoms with Crippen LogP contribution in [0.5, 0.6) is 5.75 Å². The van der Waals surface area contributed by atoms with Gasteiger partial charge in [-0.25, -0.2) is 4.79 Å². The molecule has 1 rings (SSSR count). The van der Waals surface area contributed by atoms with E-state index >= 15 is 0 Å². The Morgan fingerprint density at radius 1 is 1.44 bits per heavy atom. The SMILES string of the molecule is CCCCC(Oc1ccc(Cl)cc1C)C(=O)OC. The van der Waals surface area contributed by atoms with E-state index in [2.05, 4.69) is 6.92 Å².